The molecule has 0 spiro atoms. The lowest BCUT2D eigenvalue weighted by Gasteiger charge is -2.03. The molecule has 6 nitrogen and oxygen atoms in total. The van der Waals surface area contributed by atoms with Gasteiger partial charge in [-0.3, -0.25) is 0 Å². The first kappa shape index (κ1) is 12.3. The molecule has 0 unspecified atom stereocenters. The van der Waals surface area contributed by atoms with E-state index in [0.717, 1.165) is 16.8 Å². The van der Waals surface area contributed by atoms with Crippen molar-refractivity contribution in [3.8, 4) is 23.1 Å². The molecule has 0 bridgehead atoms. The second kappa shape index (κ2) is 5.08. The van der Waals surface area contributed by atoms with E-state index in [4.69, 9.17) is 4.52 Å². The summed E-state index contributed by atoms with van der Waals surface area (Å²) in [5, 5.41) is 7.02. The summed E-state index contributed by atoms with van der Waals surface area (Å²) in [6.45, 7) is 1.93. The summed E-state index contributed by atoms with van der Waals surface area (Å²) in [7, 11) is 1.85. The number of anilines is 1. The number of para-hydroxylation sites is 1. The summed E-state index contributed by atoms with van der Waals surface area (Å²) in [6, 6.07) is 7.72. The molecule has 2 heterocycles. The van der Waals surface area contributed by atoms with Crippen LogP contribution in [0.25, 0.3) is 23.1 Å². The molecule has 0 saturated heterocycles. The number of benzene rings is 1. The van der Waals surface area contributed by atoms with Gasteiger partial charge >= 0.3 is 0 Å². The highest BCUT2D eigenvalue weighted by Crippen LogP contribution is 2.27. The number of hydrogen-bond donors (Lipinski definition) is 1. The molecule has 0 aliphatic heterocycles. The van der Waals surface area contributed by atoms with Crippen molar-refractivity contribution < 1.29 is 4.52 Å². The van der Waals surface area contributed by atoms with Crippen molar-refractivity contribution in [2.45, 2.75) is 6.92 Å². The molecule has 3 rings (SSSR count). The number of aryl methyl sites for hydroxylation is 1. The summed E-state index contributed by atoms with van der Waals surface area (Å²) < 4.78 is 5.30. The zero-order valence-corrected chi connectivity index (χ0v) is 11.2. The topological polar surface area (TPSA) is 76.7 Å². The number of nitrogens with zero attached hydrogens (tertiary/aromatic N) is 4. The smallest absolute Gasteiger partial charge is 0.260 e. The van der Waals surface area contributed by atoms with Crippen LogP contribution >= 0.6 is 0 Å². The molecule has 0 aliphatic carbocycles. The van der Waals surface area contributed by atoms with E-state index in [1.54, 1.807) is 12.4 Å². The van der Waals surface area contributed by atoms with Gasteiger partial charge < -0.3 is 9.84 Å². The minimum Gasteiger partial charge on any atom is -0.387 e. The molecule has 0 fully saturated rings. The zero-order valence-electron chi connectivity index (χ0n) is 11.2. The lowest BCUT2D eigenvalue weighted by molar-refractivity contribution is 0.432. The van der Waals surface area contributed by atoms with Gasteiger partial charge in [0, 0.05) is 25.1 Å². The van der Waals surface area contributed by atoms with Crippen molar-refractivity contribution in [1.82, 2.24) is 20.1 Å². The van der Waals surface area contributed by atoms with E-state index in [1.165, 1.54) is 0 Å². The standard InChI is InChI=1S/C14H13N5O/c1-9-7-16-12(17-8-9)13-18-14(20-19-13)10-5-3-4-6-11(10)15-2/h3-8,15H,1-2H3. The van der Waals surface area contributed by atoms with Gasteiger partial charge in [0.05, 0.1) is 5.56 Å². The molecule has 2 aromatic heterocycles. The third-order valence-electron chi connectivity index (χ3n) is 2.83. The molecular formula is C14H13N5O. The molecule has 0 saturated carbocycles. The Bertz CT molecular complexity index is 720. The normalized spacial score (nSPS) is 10.5. The van der Waals surface area contributed by atoms with Crippen molar-refractivity contribution in [2.24, 2.45) is 0 Å². The summed E-state index contributed by atoms with van der Waals surface area (Å²) in [4.78, 5) is 12.7. The molecular weight excluding hydrogens is 254 g/mol. The first-order valence-electron chi connectivity index (χ1n) is 6.18. The van der Waals surface area contributed by atoms with Gasteiger partial charge in [-0.15, -0.1) is 0 Å². The van der Waals surface area contributed by atoms with Crippen LogP contribution in [0.5, 0.6) is 0 Å². The largest absolute Gasteiger partial charge is 0.387 e. The summed E-state index contributed by atoms with van der Waals surface area (Å²) in [5.74, 6) is 1.27. The van der Waals surface area contributed by atoms with Crippen LogP contribution in [0.1, 0.15) is 5.56 Å². The van der Waals surface area contributed by atoms with Gasteiger partial charge in [0.15, 0.2) is 0 Å². The van der Waals surface area contributed by atoms with Crippen LogP contribution in [-0.2, 0) is 0 Å². The number of nitrogens with one attached hydrogen (secondary N) is 1. The number of rotatable bonds is 3. The molecule has 0 aliphatic rings. The van der Waals surface area contributed by atoms with Crippen molar-refractivity contribution in [2.75, 3.05) is 12.4 Å². The maximum absolute atomic E-state index is 5.30. The maximum atomic E-state index is 5.30. The van der Waals surface area contributed by atoms with Gasteiger partial charge in [0.2, 0.25) is 11.6 Å². The second-order valence-electron chi connectivity index (χ2n) is 4.30. The van der Waals surface area contributed by atoms with E-state index in [-0.39, 0.29) is 0 Å². The van der Waals surface area contributed by atoms with E-state index in [2.05, 4.69) is 25.4 Å². The van der Waals surface area contributed by atoms with Gasteiger partial charge in [0.1, 0.15) is 0 Å². The molecule has 1 N–H and O–H groups in total. The van der Waals surface area contributed by atoms with E-state index < -0.39 is 0 Å². The third-order valence-corrected chi connectivity index (χ3v) is 2.83. The molecule has 6 heteroatoms. The zero-order chi connectivity index (χ0) is 13.9. The van der Waals surface area contributed by atoms with Crippen LogP contribution < -0.4 is 5.32 Å². The van der Waals surface area contributed by atoms with Crippen LogP contribution in [0.2, 0.25) is 0 Å². The fraction of sp³-hybridized carbons (Fsp3) is 0.143. The first-order chi connectivity index (χ1) is 9.78. The molecule has 0 radical (unpaired) electrons. The highest BCUT2D eigenvalue weighted by molar-refractivity contribution is 5.72. The maximum Gasteiger partial charge on any atom is 0.260 e. The van der Waals surface area contributed by atoms with Gasteiger partial charge in [-0.2, -0.15) is 4.98 Å². The van der Waals surface area contributed by atoms with Gasteiger partial charge in [-0.05, 0) is 24.6 Å². The van der Waals surface area contributed by atoms with Crippen molar-refractivity contribution in [3.63, 3.8) is 0 Å². The molecule has 20 heavy (non-hydrogen) atoms. The van der Waals surface area contributed by atoms with E-state index in [9.17, 15) is 0 Å². The Labute approximate surface area is 115 Å². The Kier molecular flexibility index (Phi) is 3.12. The third kappa shape index (κ3) is 2.23. The summed E-state index contributed by atoms with van der Waals surface area (Å²) in [5.41, 5.74) is 2.76. The molecule has 0 amide bonds. The van der Waals surface area contributed by atoms with Crippen molar-refractivity contribution in [1.29, 1.82) is 0 Å². The highest BCUT2D eigenvalue weighted by atomic mass is 16.5. The van der Waals surface area contributed by atoms with Gasteiger partial charge in [-0.1, -0.05) is 17.3 Å². The Morgan fingerprint density at radius 3 is 2.55 bits per heavy atom. The summed E-state index contributed by atoms with van der Waals surface area (Å²) in [6.07, 6.45) is 3.44. The quantitative estimate of drug-likeness (QED) is 0.785. The van der Waals surface area contributed by atoms with Crippen LogP contribution in [0.3, 0.4) is 0 Å². The van der Waals surface area contributed by atoms with Gasteiger partial charge in [-0.25, -0.2) is 9.97 Å². The molecule has 3 aromatic rings. The SMILES string of the molecule is CNc1ccccc1-c1nc(-c2ncc(C)cn2)no1. The van der Waals surface area contributed by atoms with Crippen molar-refractivity contribution in [3.05, 3.63) is 42.2 Å². The predicted molar refractivity (Wildman–Crippen MR) is 75.0 cm³/mol. The Hall–Kier alpha value is -2.76. The van der Waals surface area contributed by atoms with E-state index in [1.807, 2.05) is 38.2 Å². The van der Waals surface area contributed by atoms with E-state index in [0.29, 0.717) is 17.5 Å². The fourth-order valence-corrected chi connectivity index (χ4v) is 1.82. The summed E-state index contributed by atoms with van der Waals surface area (Å²) >= 11 is 0. The van der Waals surface area contributed by atoms with Crippen LogP contribution in [0.4, 0.5) is 5.69 Å². The van der Waals surface area contributed by atoms with Crippen molar-refractivity contribution >= 4 is 5.69 Å². The van der Waals surface area contributed by atoms with E-state index >= 15 is 0 Å². The Balaban J connectivity index is 2.00. The van der Waals surface area contributed by atoms with Gasteiger partial charge in [0.25, 0.3) is 5.89 Å². The monoisotopic (exact) mass is 267 g/mol. The number of aromatic nitrogens is 4. The average Bonchev–Trinajstić information content (AvgIpc) is 2.97. The van der Waals surface area contributed by atoms with Crippen LogP contribution in [-0.4, -0.2) is 27.2 Å². The average molecular weight is 267 g/mol. The van der Waals surface area contributed by atoms with Crippen LogP contribution in [0, 0.1) is 6.92 Å². The molecule has 1 aromatic carbocycles. The lowest BCUT2D eigenvalue weighted by atomic mass is 10.2. The number of hydrogen-bond acceptors (Lipinski definition) is 6. The molecule has 100 valence electrons. The minimum atomic E-state index is 0.380. The second-order valence-corrected chi connectivity index (χ2v) is 4.30. The Morgan fingerprint density at radius 2 is 1.80 bits per heavy atom. The Morgan fingerprint density at radius 1 is 1.05 bits per heavy atom. The molecule has 0 atom stereocenters. The first-order valence-corrected chi connectivity index (χ1v) is 6.18. The highest BCUT2D eigenvalue weighted by Gasteiger charge is 2.14. The van der Waals surface area contributed by atoms with Crippen LogP contribution in [0.15, 0.2) is 41.2 Å². The predicted octanol–water partition coefficient (Wildman–Crippen LogP) is 2.54. The fourth-order valence-electron chi connectivity index (χ4n) is 1.82. The lowest BCUT2D eigenvalue weighted by Crippen LogP contribution is -1.92. The minimum absolute atomic E-state index is 0.380.